The van der Waals surface area contributed by atoms with Crippen LogP contribution in [0.25, 0.3) is 0 Å². The van der Waals surface area contributed by atoms with Gasteiger partial charge in [-0.1, -0.05) is 36.4 Å². The highest BCUT2D eigenvalue weighted by Gasteiger charge is 2.17. The Morgan fingerprint density at radius 2 is 1.83 bits per heavy atom. The third-order valence-electron chi connectivity index (χ3n) is 3.72. The van der Waals surface area contributed by atoms with Crippen molar-refractivity contribution >= 4 is 18.6 Å². The minimum Gasteiger partial charge on any atom is -0.493 e. The van der Waals surface area contributed by atoms with Crippen LogP contribution in [0.2, 0.25) is 0 Å². The summed E-state index contributed by atoms with van der Waals surface area (Å²) >= 11 is 0. The van der Waals surface area contributed by atoms with Gasteiger partial charge < -0.3 is 19.5 Å². The molecule has 0 spiro atoms. The smallest absolute Gasteiger partial charge is 0.488 e. The summed E-state index contributed by atoms with van der Waals surface area (Å²) in [6.07, 6.45) is 1.31. The van der Waals surface area contributed by atoms with Gasteiger partial charge in [-0.3, -0.25) is 4.79 Å². The fraction of sp³-hybridized carbons (Fsp3) is 0.278. The lowest BCUT2D eigenvalue weighted by molar-refractivity contribution is -0.140. The first-order chi connectivity index (χ1) is 11.6. The highest BCUT2D eigenvalue weighted by molar-refractivity contribution is 6.59. The Morgan fingerprint density at radius 1 is 1.08 bits per heavy atom. The minimum absolute atomic E-state index is 0.170. The van der Waals surface area contributed by atoms with Crippen LogP contribution in [0.3, 0.4) is 0 Å². The van der Waals surface area contributed by atoms with Crippen LogP contribution < -0.4 is 10.2 Å². The van der Waals surface area contributed by atoms with Crippen LogP contribution in [0.15, 0.2) is 48.5 Å². The topological polar surface area (TPSA) is 76.0 Å². The summed E-state index contributed by atoms with van der Waals surface area (Å²) in [5.74, 6) is 0.291. The molecular formula is C18H21BO5. The van der Waals surface area contributed by atoms with E-state index in [2.05, 4.69) is 4.74 Å². The Labute approximate surface area is 142 Å². The van der Waals surface area contributed by atoms with Crippen LogP contribution in [-0.4, -0.2) is 36.9 Å². The number of hydrogen-bond donors (Lipinski definition) is 2. The van der Waals surface area contributed by atoms with Crippen molar-refractivity contribution in [2.75, 3.05) is 13.7 Å². The zero-order valence-corrected chi connectivity index (χ0v) is 13.6. The van der Waals surface area contributed by atoms with Crippen LogP contribution in [-0.2, 0) is 22.4 Å². The summed E-state index contributed by atoms with van der Waals surface area (Å²) in [5, 5.41) is 18.9. The molecule has 0 unspecified atom stereocenters. The van der Waals surface area contributed by atoms with Crippen molar-refractivity contribution in [1.82, 2.24) is 0 Å². The summed E-state index contributed by atoms with van der Waals surface area (Å²) < 4.78 is 10.4. The molecule has 2 aromatic rings. The van der Waals surface area contributed by atoms with Crippen molar-refractivity contribution in [3.05, 3.63) is 59.7 Å². The van der Waals surface area contributed by atoms with Gasteiger partial charge >= 0.3 is 13.1 Å². The molecule has 2 aromatic carbocycles. The van der Waals surface area contributed by atoms with Gasteiger partial charge in [0.1, 0.15) is 5.75 Å². The van der Waals surface area contributed by atoms with Crippen LogP contribution in [0, 0.1) is 0 Å². The van der Waals surface area contributed by atoms with Crippen LogP contribution in [0.5, 0.6) is 5.75 Å². The van der Waals surface area contributed by atoms with Gasteiger partial charge in [0.05, 0.1) is 13.7 Å². The molecular weight excluding hydrogens is 307 g/mol. The third kappa shape index (κ3) is 5.40. The first-order valence-electron chi connectivity index (χ1n) is 7.82. The third-order valence-corrected chi connectivity index (χ3v) is 3.72. The Kier molecular flexibility index (Phi) is 6.84. The van der Waals surface area contributed by atoms with E-state index < -0.39 is 7.12 Å². The standard InChI is InChI=1S/C18H21BO5/c1-23-18(20)10-7-15-13-16(8-9-17(15)19(21)22)24-12-11-14-5-3-2-4-6-14/h2-6,8-9,13,21-22H,7,10-12H2,1H3. The number of methoxy groups -OCH3 is 1. The number of aryl methyl sites for hydroxylation is 1. The first-order valence-corrected chi connectivity index (χ1v) is 7.82. The number of esters is 1. The van der Waals surface area contributed by atoms with Gasteiger partial charge in [0.25, 0.3) is 0 Å². The molecule has 0 aromatic heterocycles. The van der Waals surface area contributed by atoms with Gasteiger partial charge in [-0.2, -0.15) is 0 Å². The van der Waals surface area contributed by atoms with E-state index in [-0.39, 0.29) is 12.4 Å². The predicted molar refractivity (Wildman–Crippen MR) is 92.2 cm³/mol. The summed E-state index contributed by atoms with van der Waals surface area (Å²) in [5.41, 5.74) is 2.22. The lowest BCUT2D eigenvalue weighted by Gasteiger charge is -2.12. The lowest BCUT2D eigenvalue weighted by atomic mass is 9.76. The number of hydrogen-bond acceptors (Lipinski definition) is 5. The molecule has 0 bridgehead atoms. The Balaban J connectivity index is 2.00. The molecule has 0 saturated carbocycles. The quantitative estimate of drug-likeness (QED) is 0.560. The molecule has 0 saturated heterocycles. The Bertz CT molecular complexity index is 658. The van der Waals surface area contributed by atoms with Crippen LogP contribution >= 0.6 is 0 Å². The highest BCUT2D eigenvalue weighted by Crippen LogP contribution is 2.15. The maximum absolute atomic E-state index is 11.3. The van der Waals surface area contributed by atoms with Gasteiger partial charge in [-0.25, -0.2) is 0 Å². The average molecular weight is 328 g/mol. The van der Waals surface area contributed by atoms with Crippen LogP contribution in [0.4, 0.5) is 0 Å². The van der Waals surface area contributed by atoms with Gasteiger partial charge in [-0.15, -0.1) is 0 Å². The molecule has 0 amide bonds. The molecule has 126 valence electrons. The first kappa shape index (κ1) is 18.0. The van der Waals surface area contributed by atoms with Gasteiger partial charge in [0, 0.05) is 12.8 Å². The largest absolute Gasteiger partial charge is 0.493 e. The molecule has 0 fully saturated rings. The molecule has 2 N–H and O–H groups in total. The van der Waals surface area contributed by atoms with Crippen molar-refractivity contribution in [1.29, 1.82) is 0 Å². The number of carbonyl (C=O) groups excluding carboxylic acids is 1. The summed E-state index contributed by atoms with van der Waals surface area (Å²) in [6.45, 7) is 0.515. The fourth-order valence-corrected chi connectivity index (χ4v) is 2.41. The van der Waals surface area contributed by atoms with E-state index in [1.165, 1.54) is 12.7 Å². The Hall–Kier alpha value is -2.31. The summed E-state index contributed by atoms with van der Waals surface area (Å²) in [6, 6.07) is 15.1. The van der Waals surface area contributed by atoms with E-state index in [9.17, 15) is 14.8 Å². The molecule has 0 heterocycles. The zero-order chi connectivity index (χ0) is 17.4. The number of benzene rings is 2. The van der Waals surface area contributed by atoms with E-state index in [1.54, 1.807) is 18.2 Å². The average Bonchev–Trinajstić information content (AvgIpc) is 2.60. The lowest BCUT2D eigenvalue weighted by Crippen LogP contribution is -2.33. The molecule has 6 heteroatoms. The molecule has 24 heavy (non-hydrogen) atoms. The minimum atomic E-state index is -1.59. The zero-order valence-electron chi connectivity index (χ0n) is 13.6. The van der Waals surface area contributed by atoms with Crippen molar-refractivity contribution in [2.24, 2.45) is 0 Å². The molecule has 2 rings (SSSR count). The number of ether oxygens (including phenoxy) is 2. The fourth-order valence-electron chi connectivity index (χ4n) is 2.41. The monoisotopic (exact) mass is 328 g/mol. The van der Waals surface area contributed by atoms with E-state index in [0.29, 0.717) is 29.8 Å². The SMILES string of the molecule is COC(=O)CCc1cc(OCCc2ccccc2)ccc1B(O)O. The van der Waals surface area contributed by atoms with Gasteiger partial charge in [-0.05, 0) is 35.1 Å². The number of rotatable bonds is 8. The molecule has 0 atom stereocenters. The second-order valence-corrected chi connectivity index (χ2v) is 5.39. The number of carbonyl (C=O) groups is 1. The molecule has 0 radical (unpaired) electrons. The Morgan fingerprint density at radius 3 is 2.50 bits per heavy atom. The summed E-state index contributed by atoms with van der Waals surface area (Å²) in [7, 11) is -0.260. The molecule has 0 aliphatic carbocycles. The molecule has 0 aliphatic heterocycles. The van der Waals surface area contributed by atoms with Crippen molar-refractivity contribution < 1.29 is 24.3 Å². The normalized spacial score (nSPS) is 10.3. The van der Waals surface area contributed by atoms with Crippen molar-refractivity contribution in [2.45, 2.75) is 19.3 Å². The van der Waals surface area contributed by atoms with E-state index in [4.69, 9.17) is 4.74 Å². The molecule has 0 aliphatic rings. The molecule has 5 nitrogen and oxygen atoms in total. The van der Waals surface area contributed by atoms with E-state index in [0.717, 1.165) is 6.42 Å². The van der Waals surface area contributed by atoms with E-state index >= 15 is 0 Å². The second-order valence-electron chi connectivity index (χ2n) is 5.39. The van der Waals surface area contributed by atoms with Crippen molar-refractivity contribution in [3.63, 3.8) is 0 Å². The predicted octanol–water partition coefficient (Wildman–Crippen LogP) is 1.09. The van der Waals surface area contributed by atoms with Gasteiger partial charge in [0.15, 0.2) is 0 Å². The van der Waals surface area contributed by atoms with Crippen LogP contribution in [0.1, 0.15) is 17.5 Å². The summed E-state index contributed by atoms with van der Waals surface area (Å²) in [4.78, 5) is 11.3. The highest BCUT2D eigenvalue weighted by atomic mass is 16.5. The maximum atomic E-state index is 11.3. The van der Waals surface area contributed by atoms with E-state index in [1.807, 2.05) is 30.3 Å². The second kappa shape index (κ2) is 9.10. The maximum Gasteiger partial charge on any atom is 0.488 e. The van der Waals surface area contributed by atoms with Gasteiger partial charge in [0.2, 0.25) is 0 Å². The van der Waals surface area contributed by atoms with Crippen molar-refractivity contribution in [3.8, 4) is 5.75 Å².